The zero-order valence-electron chi connectivity index (χ0n) is 10.9. The van der Waals surface area contributed by atoms with E-state index in [1.165, 1.54) is 12.0 Å². The lowest BCUT2D eigenvalue weighted by molar-refractivity contribution is -0.116. The summed E-state index contributed by atoms with van der Waals surface area (Å²) in [6.07, 6.45) is 4.28. The molecule has 0 aliphatic heterocycles. The number of rotatable bonds is 4. The van der Waals surface area contributed by atoms with E-state index in [1.807, 2.05) is 6.92 Å². The van der Waals surface area contributed by atoms with E-state index in [9.17, 15) is 5.11 Å². The first-order valence-electron chi connectivity index (χ1n) is 6.57. The second-order valence-electron chi connectivity index (χ2n) is 5.46. The first-order valence-corrected chi connectivity index (χ1v) is 6.57. The number of aliphatic hydroxyl groups is 1. The average Bonchev–Trinajstić information content (AvgIpc) is 2.28. The van der Waals surface area contributed by atoms with Crippen molar-refractivity contribution in [2.24, 2.45) is 11.1 Å². The third-order valence-corrected chi connectivity index (χ3v) is 4.66. The average molecular weight is 233 g/mol. The Morgan fingerprint density at radius 1 is 1.29 bits per heavy atom. The van der Waals surface area contributed by atoms with Crippen LogP contribution in [-0.2, 0) is 12.0 Å². The van der Waals surface area contributed by atoms with Gasteiger partial charge in [-0.25, -0.2) is 0 Å². The largest absolute Gasteiger partial charge is 0.385 e. The Morgan fingerprint density at radius 3 is 2.24 bits per heavy atom. The molecule has 2 rings (SSSR count). The van der Waals surface area contributed by atoms with Crippen LogP contribution in [0.2, 0.25) is 0 Å². The molecule has 17 heavy (non-hydrogen) atoms. The third kappa shape index (κ3) is 1.90. The molecular weight excluding hydrogens is 210 g/mol. The Bertz CT molecular complexity index is 371. The molecule has 1 fully saturated rings. The highest BCUT2D eigenvalue weighted by molar-refractivity contribution is 5.29. The summed E-state index contributed by atoms with van der Waals surface area (Å²) in [6.45, 7) is 4.62. The molecule has 0 aromatic heterocycles. The molecule has 1 aromatic rings. The van der Waals surface area contributed by atoms with Crippen LogP contribution in [0.15, 0.2) is 24.3 Å². The molecule has 0 spiro atoms. The fourth-order valence-electron chi connectivity index (χ4n) is 2.86. The highest BCUT2D eigenvalue weighted by Crippen LogP contribution is 2.52. The van der Waals surface area contributed by atoms with Gasteiger partial charge >= 0.3 is 0 Å². The number of aryl methyl sites for hydroxylation is 1. The molecule has 0 amide bonds. The van der Waals surface area contributed by atoms with Crippen molar-refractivity contribution in [3.63, 3.8) is 0 Å². The van der Waals surface area contributed by atoms with Gasteiger partial charge in [0.2, 0.25) is 0 Å². The Hall–Kier alpha value is -0.860. The Kier molecular flexibility index (Phi) is 3.28. The summed E-state index contributed by atoms with van der Waals surface area (Å²) in [5, 5.41) is 10.8. The zero-order valence-corrected chi connectivity index (χ0v) is 10.9. The summed E-state index contributed by atoms with van der Waals surface area (Å²) in [6, 6.07) is 8.31. The van der Waals surface area contributed by atoms with Crippen LogP contribution in [0.25, 0.3) is 0 Å². The van der Waals surface area contributed by atoms with E-state index in [2.05, 4.69) is 31.2 Å². The molecular formula is C15H23NO. The van der Waals surface area contributed by atoms with E-state index in [0.717, 1.165) is 24.8 Å². The van der Waals surface area contributed by atoms with Crippen LogP contribution in [0, 0.1) is 5.41 Å². The van der Waals surface area contributed by atoms with Gasteiger partial charge in [-0.05, 0) is 37.3 Å². The van der Waals surface area contributed by atoms with Crippen LogP contribution < -0.4 is 5.73 Å². The van der Waals surface area contributed by atoms with Crippen molar-refractivity contribution in [1.29, 1.82) is 0 Å². The fraction of sp³-hybridized carbons (Fsp3) is 0.600. The standard InChI is InChI=1S/C15H23NO/c1-3-12-5-7-13(8-6-12)14(2,17)15(11-16)9-4-10-15/h5-8,17H,3-4,9-11,16H2,1-2H3. The predicted molar refractivity (Wildman–Crippen MR) is 70.7 cm³/mol. The van der Waals surface area contributed by atoms with Crippen LogP contribution in [-0.4, -0.2) is 11.7 Å². The highest BCUT2D eigenvalue weighted by atomic mass is 16.3. The van der Waals surface area contributed by atoms with Crippen LogP contribution >= 0.6 is 0 Å². The summed E-state index contributed by atoms with van der Waals surface area (Å²) in [5.74, 6) is 0. The fourth-order valence-corrected chi connectivity index (χ4v) is 2.86. The first-order chi connectivity index (χ1) is 8.05. The van der Waals surface area contributed by atoms with E-state index < -0.39 is 5.60 Å². The Morgan fingerprint density at radius 2 is 1.88 bits per heavy atom. The van der Waals surface area contributed by atoms with Gasteiger partial charge in [0.25, 0.3) is 0 Å². The Balaban J connectivity index is 2.30. The van der Waals surface area contributed by atoms with Crippen molar-refractivity contribution < 1.29 is 5.11 Å². The number of hydrogen-bond donors (Lipinski definition) is 2. The smallest absolute Gasteiger partial charge is 0.0936 e. The molecule has 2 nitrogen and oxygen atoms in total. The van der Waals surface area contributed by atoms with Gasteiger partial charge in [0.1, 0.15) is 0 Å². The molecule has 1 aromatic carbocycles. The Labute approximate surface area is 104 Å². The van der Waals surface area contributed by atoms with Gasteiger partial charge < -0.3 is 10.8 Å². The molecule has 1 aliphatic carbocycles. The molecule has 2 heteroatoms. The molecule has 1 atom stereocenters. The molecule has 1 saturated carbocycles. The van der Waals surface area contributed by atoms with Crippen molar-refractivity contribution in [2.45, 2.75) is 45.1 Å². The van der Waals surface area contributed by atoms with E-state index in [0.29, 0.717) is 6.54 Å². The lowest BCUT2D eigenvalue weighted by Gasteiger charge is -2.51. The van der Waals surface area contributed by atoms with Crippen molar-refractivity contribution in [3.05, 3.63) is 35.4 Å². The minimum Gasteiger partial charge on any atom is -0.385 e. The van der Waals surface area contributed by atoms with E-state index in [-0.39, 0.29) is 5.41 Å². The van der Waals surface area contributed by atoms with Crippen molar-refractivity contribution in [3.8, 4) is 0 Å². The summed E-state index contributed by atoms with van der Waals surface area (Å²) in [4.78, 5) is 0. The van der Waals surface area contributed by atoms with Gasteiger partial charge in [-0.3, -0.25) is 0 Å². The molecule has 0 radical (unpaired) electrons. The predicted octanol–water partition coefficient (Wildman–Crippen LogP) is 2.59. The summed E-state index contributed by atoms with van der Waals surface area (Å²) in [5.41, 5.74) is 7.28. The number of hydrogen-bond acceptors (Lipinski definition) is 2. The van der Waals surface area contributed by atoms with Crippen molar-refractivity contribution >= 4 is 0 Å². The summed E-state index contributed by atoms with van der Waals surface area (Å²) >= 11 is 0. The molecule has 0 saturated heterocycles. The topological polar surface area (TPSA) is 46.2 Å². The van der Waals surface area contributed by atoms with E-state index in [1.54, 1.807) is 0 Å². The van der Waals surface area contributed by atoms with Crippen LogP contribution in [0.5, 0.6) is 0 Å². The maximum Gasteiger partial charge on any atom is 0.0936 e. The van der Waals surface area contributed by atoms with Gasteiger partial charge in [0.05, 0.1) is 5.60 Å². The van der Waals surface area contributed by atoms with Crippen LogP contribution in [0.1, 0.15) is 44.2 Å². The normalized spacial score (nSPS) is 21.6. The third-order valence-electron chi connectivity index (χ3n) is 4.66. The number of nitrogens with two attached hydrogens (primary N) is 1. The maximum atomic E-state index is 10.8. The van der Waals surface area contributed by atoms with Gasteiger partial charge in [-0.1, -0.05) is 37.6 Å². The quantitative estimate of drug-likeness (QED) is 0.839. The minimum absolute atomic E-state index is 0.110. The van der Waals surface area contributed by atoms with Crippen LogP contribution in [0.4, 0.5) is 0 Å². The summed E-state index contributed by atoms with van der Waals surface area (Å²) in [7, 11) is 0. The van der Waals surface area contributed by atoms with Gasteiger partial charge in [0.15, 0.2) is 0 Å². The van der Waals surface area contributed by atoms with E-state index in [4.69, 9.17) is 5.73 Å². The molecule has 94 valence electrons. The monoisotopic (exact) mass is 233 g/mol. The first kappa shape index (κ1) is 12.6. The zero-order chi connectivity index (χ0) is 12.5. The van der Waals surface area contributed by atoms with E-state index >= 15 is 0 Å². The second kappa shape index (κ2) is 4.43. The minimum atomic E-state index is -0.799. The number of benzene rings is 1. The van der Waals surface area contributed by atoms with Gasteiger partial charge in [-0.15, -0.1) is 0 Å². The van der Waals surface area contributed by atoms with Crippen LogP contribution in [0.3, 0.4) is 0 Å². The lowest BCUT2D eigenvalue weighted by atomic mass is 9.57. The SMILES string of the molecule is CCc1ccc(C(C)(O)C2(CN)CCC2)cc1. The van der Waals surface area contributed by atoms with Crippen molar-refractivity contribution in [2.75, 3.05) is 6.54 Å². The maximum absolute atomic E-state index is 10.8. The molecule has 1 unspecified atom stereocenters. The molecule has 0 heterocycles. The molecule has 3 N–H and O–H groups in total. The highest BCUT2D eigenvalue weighted by Gasteiger charge is 2.50. The van der Waals surface area contributed by atoms with Gasteiger partial charge in [-0.2, -0.15) is 0 Å². The van der Waals surface area contributed by atoms with Crippen molar-refractivity contribution in [1.82, 2.24) is 0 Å². The lowest BCUT2D eigenvalue weighted by Crippen LogP contribution is -2.53. The molecule has 0 bridgehead atoms. The summed E-state index contributed by atoms with van der Waals surface area (Å²) < 4.78 is 0. The molecule has 1 aliphatic rings. The second-order valence-corrected chi connectivity index (χ2v) is 5.46. The van der Waals surface area contributed by atoms with Gasteiger partial charge in [0, 0.05) is 12.0 Å².